The van der Waals surface area contributed by atoms with Crippen molar-refractivity contribution in [3.05, 3.63) is 0 Å². The summed E-state index contributed by atoms with van der Waals surface area (Å²) in [5.74, 6) is -0.315. The third kappa shape index (κ3) is 5.88. The topological polar surface area (TPSA) is 92.7 Å². The molecule has 0 aromatic rings. The molecule has 0 aromatic carbocycles. The van der Waals surface area contributed by atoms with E-state index >= 15 is 0 Å². The van der Waals surface area contributed by atoms with Gasteiger partial charge in [-0.2, -0.15) is 8.42 Å². The lowest BCUT2D eigenvalue weighted by Gasteiger charge is -2.35. The molecule has 17 heavy (non-hydrogen) atoms. The van der Waals surface area contributed by atoms with Gasteiger partial charge >= 0.3 is 6.09 Å². The molecule has 1 aliphatic rings. The van der Waals surface area contributed by atoms with Crippen LogP contribution in [0, 0.1) is 5.92 Å². The standard InChI is InChI=1S/C10H19NO5S/c1-10(2,3)16-9(12)11-8-4-7(5-8)6-17(13,14)15/h7-8H,4-6H2,1-3H3,(H,11,12)(H,13,14,15). The van der Waals surface area contributed by atoms with Crippen molar-refractivity contribution in [3.8, 4) is 0 Å². The minimum Gasteiger partial charge on any atom is -0.444 e. The van der Waals surface area contributed by atoms with Crippen LogP contribution < -0.4 is 5.32 Å². The molecule has 100 valence electrons. The van der Waals surface area contributed by atoms with Crippen LogP contribution in [0.15, 0.2) is 0 Å². The van der Waals surface area contributed by atoms with Crippen LogP contribution >= 0.6 is 0 Å². The van der Waals surface area contributed by atoms with E-state index in [0.717, 1.165) is 0 Å². The number of carbonyl (C=O) groups is 1. The van der Waals surface area contributed by atoms with Crippen molar-refractivity contribution in [2.75, 3.05) is 5.75 Å². The van der Waals surface area contributed by atoms with Gasteiger partial charge in [-0.3, -0.25) is 4.55 Å². The van der Waals surface area contributed by atoms with E-state index in [1.54, 1.807) is 20.8 Å². The minimum atomic E-state index is -3.91. The van der Waals surface area contributed by atoms with Gasteiger partial charge in [0.15, 0.2) is 0 Å². The molecule has 1 fully saturated rings. The number of ether oxygens (including phenoxy) is 1. The molecule has 6 nitrogen and oxygen atoms in total. The highest BCUT2D eigenvalue weighted by Crippen LogP contribution is 2.28. The van der Waals surface area contributed by atoms with Gasteiger partial charge in [-0.25, -0.2) is 4.79 Å². The molecule has 1 aliphatic carbocycles. The minimum absolute atomic E-state index is 0.0587. The summed E-state index contributed by atoms with van der Waals surface area (Å²) in [7, 11) is -3.91. The molecule has 1 saturated carbocycles. The SMILES string of the molecule is CC(C)(C)OC(=O)NC1CC(CS(=O)(=O)O)C1. The lowest BCUT2D eigenvalue weighted by Crippen LogP contribution is -2.47. The quantitative estimate of drug-likeness (QED) is 0.747. The van der Waals surface area contributed by atoms with E-state index in [4.69, 9.17) is 9.29 Å². The smallest absolute Gasteiger partial charge is 0.407 e. The van der Waals surface area contributed by atoms with E-state index in [1.807, 2.05) is 0 Å². The van der Waals surface area contributed by atoms with Crippen molar-refractivity contribution in [2.45, 2.75) is 45.3 Å². The van der Waals surface area contributed by atoms with Gasteiger partial charge in [0.2, 0.25) is 0 Å². The zero-order valence-electron chi connectivity index (χ0n) is 10.3. The zero-order chi connectivity index (χ0) is 13.3. The molecule has 1 amide bonds. The Morgan fingerprint density at radius 3 is 2.35 bits per heavy atom. The molecule has 7 heteroatoms. The predicted octanol–water partition coefficient (Wildman–Crippen LogP) is 1.18. The first kappa shape index (κ1) is 14.2. The number of hydrogen-bond acceptors (Lipinski definition) is 4. The molecule has 0 bridgehead atoms. The van der Waals surface area contributed by atoms with Crippen LogP contribution in [-0.4, -0.2) is 36.5 Å². The summed E-state index contributed by atoms with van der Waals surface area (Å²) >= 11 is 0. The average Bonchev–Trinajstić information content (AvgIpc) is 1.93. The second-order valence-electron chi connectivity index (χ2n) is 5.43. The lowest BCUT2D eigenvalue weighted by atomic mass is 9.82. The largest absolute Gasteiger partial charge is 0.444 e. The van der Waals surface area contributed by atoms with Crippen LogP contribution in [0.5, 0.6) is 0 Å². The molecule has 0 saturated heterocycles. The summed E-state index contributed by atoms with van der Waals surface area (Å²) in [4.78, 5) is 11.4. The van der Waals surface area contributed by atoms with Gasteiger partial charge in [0.25, 0.3) is 10.1 Å². The maximum Gasteiger partial charge on any atom is 0.407 e. The first-order valence-corrected chi connectivity index (χ1v) is 7.11. The Kier molecular flexibility index (Phi) is 4.03. The summed E-state index contributed by atoms with van der Waals surface area (Å²) in [5.41, 5.74) is -0.540. The second-order valence-corrected chi connectivity index (χ2v) is 6.93. The lowest BCUT2D eigenvalue weighted by molar-refractivity contribution is 0.0459. The first-order chi connectivity index (χ1) is 7.55. The van der Waals surface area contributed by atoms with Gasteiger partial charge in [0.05, 0.1) is 5.75 Å². The number of rotatable bonds is 3. The maximum absolute atomic E-state index is 11.4. The van der Waals surface area contributed by atoms with E-state index in [0.29, 0.717) is 12.8 Å². The van der Waals surface area contributed by atoms with Gasteiger partial charge in [-0.15, -0.1) is 0 Å². The molecule has 0 aliphatic heterocycles. The van der Waals surface area contributed by atoms with Gasteiger partial charge in [-0.05, 0) is 39.5 Å². The number of amides is 1. The van der Waals surface area contributed by atoms with Crippen molar-refractivity contribution < 1.29 is 22.5 Å². The van der Waals surface area contributed by atoms with Crippen molar-refractivity contribution in [2.24, 2.45) is 5.92 Å². The third-order valence-electron chi connectivity index (χ3n) is 2.40. The Labute approximate surface area is 101 Å². The van der Waals surface area contributed by atoms with E-state index in [9.17, 15) is 13.2 Å². The number of carbonyl (C=O) groups excluding carboxylic acids is 1. The number of hydrogen-bond donors (Lipinski definition) is 2. The first-order valence-electron chi connectivity index (χ1n) is 5.50. The molecule has 0 radical (unpaired) electrons. The summed E-state index contributed by atoms with van der Waals surface area (Å²) in [6, 6.07) is -0.0587. The third-order valence-corrected chi connectivity index (χ3v) is 3.30. The van der Waals surface area contributed by atoms with Crippen molar-refractivity contribution in [3.63, 3.8) is 0 Å². The van der Waals surface area contributed by atoms with Crippen molar-refractivity contribution >= 4 is 16.2 Å². The van der Waals surface area contributed by atoms with Crippen LogP contribution in [-0.2, 0) is 14.9 Å². The van der Waals surface area contributed by atoms with E-state index < -0.39 is 21.8 Å². The molecular weight excluding hydrogens is 246 g/mol. The van der Waals surface area contributed by atoms with Gasteiger partial charge in [0.1, 0.15) is 5.60 Å². The van der Waals surface area contributed by atoms with Crippen LogP contribution in [0.4, 0.5) is 4.79 Å². The van der Waals surface area contributed by atoms with Gasteiger partial charge < -0.3 is 10.1 Å². The fourth-order valence-corrected chi connectivity index (χ4v) is 2.63. The predicted molar refractivity (Wildman–Crippen MR) is 62.3 cm³/mol. The fraction of sp³-hybridized carbons (Fsp3) is 0.900. The van der Waals surface area contributed by atoms with Crippen LogP contribution in [0.2, 0.25) is 0 Å². The number of alkyl carbamates (subject to hydrolysis) is 1. The van der Waals surface area contributed by atoms with E-state index in [1.165, 1.54) is 0 Å². The highest BCUT2D eigenvalue weighted by Gasteiger charge is 2.34. The van der Waals surface area contributed by atoms with Crippen LogP contribution in [0.1, 0.15) is 33.6 Å². The summed E-state index contributed by atoms with van der Waals surface area (Å²) < 4.78 is 34.9. The molecule has 2 N–H and O–H groups in total. The average molecular weight is 265 g/mol. The fourth-order valence-electron chi connectivity index (χ4n) is 1.76. The Morgan fingerprint density at radius 2 is 1.94 bits per heavy atom. The normalized spacial score (nSPS) is 24.9. The van der Waals surface area contributed by atoms with Crippen LogP contribution in [0.25, 0.3) is 0 Å². The second kappa shape index (κ2) is 4.81. The number of nitrogens with one attached hydrogen (secondary N) is 1. The Bertz CT molecular complexity index is 378. The molecule has 0 heterocycles. The van der Waals surface area contributed by atoms with E-state index in [2.05, 4.69) is 5.32 Å². The summed E-state index contributed by atoms with van der Waals surface area (Å²) in [6.07, 6.45) is 0.616. The Hall–Kier alpha value is -0.820. The zero-order valence-corrected chi connectivity index (χ0v) is 11.1. The van der Waals surface area contributed by atoms with Gasteiger partial charge in [-0.1, -0.05) is 0 Å². The molecule has 0 unspecified atom stereocenters. The molecule has 0 spiro atoms. The maximum atomic E-state index is 11.4. The van der Waals surface area contributed by atoms with E-state index in [-0.39, 0.29) is 17.7 Å². The molecule has 0 aromatic heterocycles. The molecular formula is C10H19NO5S. The Morgan fingerprint density at radius 1 is 1.41 bits per heavy atom. The highest BCUT2D eigenvalue weighted by atomic mass is 32.2. The van der Waals surface area contributed by atoms with Crippen molar-refractivity contribution in [1.82, 2.24) is 5.32 Å². The monoisotopic (exact) mass is 265 g/mol. The summed E-state index contributed by atoms with van der Waals surface area (Å²) in [6.45, 7) is 5.32. The van der Waals surface area contributed by atoms with Crippen LogP contribution in [0.3, 0.4) is 0 Å². The molecule has 0 atom stereocenters. The molecule has 1 rings (SSSR count). The highest BCUT2D eigenvalue weighted by molar-refractivity contribution is 7.85. The van der Waals surface area contributed by atoms with Gasteiger partial charge in [0, 0.05) is 6.04 Å². The van der Waals surface area contributed by atoms with Crippen molar-refractivity contribution in [1.29, 1.82) is 0 Å². The summed E-state index contributed by atoms with van der Waals surface area (Å²) in [5, 5.41) is 2.65. The Balaban J connectivity index is 2.24.